The summed E-state index contributed by atoms with van der Waals surface area (Å²) >= 11 is 0. The fourth-order valence-electron chi connectivity index (χ4n) is 1.24. The van der Waals surface area contributed by atoms with Crippen LogP contribution < -0.4 is 10.6 Å². The number of aliphatic hydroxyl groups excluding tert-OH is 1. The van der Waals surface area contributed by atoms with E-state index in [1.54, 1.807) is 0 Å². The Morgan fingerprint density at radius 2 is 1.80 bits per heavy atom. The maximum absolute atomic E-state index is 11.6. The van der Waals surface area contributed by atoms with Crippen LogP contribution in [0.15, 0.2) is 0 Å². The number of carboxylic acids is 1. The van der Waals surface area contributed by atoms with Crippen molar-refractivity contribution in [3.8, 4) is 0 Å². The molecule has 0 saturated carbocycles. The molecule has 0 rings (SSSR count). The number of hydrogen-bond acceptors (Lipinski definition) is 4. The minimum absolute atomic E-state index is 0.0181. The highest BCUT2D eigenvalue weighted by molar-refractivity contribution is 5.83. The average molecular weight is 289 g/mol. The van der Waals surface area contributed by atoms with Crippen LogP contribution in [0.2, 0.25) is 0 Å². The fraction of sp³-hybridized carbons (Fsp3) is 0.750. The molecular weight excluding hydrogens is 266 g/mol. The number of urea groups is 1. The van der Waals surface area contributed by atoms with Crippen LogP contribution in [0.25, 0.3) is 0 Å². The van der Waals surface area contributed by atoms with Gasteiger partial charge in [0.15, 0.2) is 6.10 Å². The van der Waals surface area contributed by atoms with Crippen molar-refractivity contribution >= 4 is 17.9 Å². The molecule has 116 valence electrons. The lowest BCUT2D eigenvalue weighted by Crippen LogP contribution is -2.44. The first-order valence-corrected chi connectivity index (χ1v) is 6.40. The number of amides is 3. The first kappa shape index (κ1) is 18.2. The van der Waals surface area contributed by atoms with Gasteiger partial charge < -0.3 is 25.7 Å². The van der Waals surface area contributed by atoms with Crippen molar-refractivity contribution in [3.63, 3.8) is 0 Å². The maximum atomic E-state index is 11.6. The lowest BCUT2D eigenvalue weighted by atomic mass is 10.2. The third-order valence-corrected chi connectivity index (χ3v) is 2.41. The molecule has 20 heavy (non-hydrogen) atoms. The molecule has 3 amide bonds. The quantitative estimate of drug-likeness (QED) is 0.468. The van der Waals surface area contributed by atoms with E-state index < -0.39 is 18.1 Å². The molecule has 0 spiro atoms. The molecule has 0 saturated heterocycles. The topological polar surface area (TPSA) is 119 Å². The van der Waals surface area contributed by atoms with Gasteiger partial charge in [0.25, 0.3) is 0 Å². The number of rotatable bonds is 8. The van der Waals surface area contributed by atoms with Crippen LogP contribution in [0, 0.1) is 5.92 Å². The molecule has 0 aliphatic rings. The van der Waals surface area contributed by atoms with E-state index in [2.05, 4.69) is 10.6 Å². The van der Waals surface area contributed by atoms with E-state index in [9.17, 15) is 14.4 Å². The van der Waals surface area contributed by atoms with Crippen molar-refractivity contribution in [2.24, 2.45) is 5.92 Å². The minimum atomic E-state index is -1.50. The van der Waals surface area contributed by atoms with Gasteiger partial charge in [-0.15, -0.1) is 0 Å². The van der Waals surface area contributed by atoms with Crippen molar-refractivity contribution in [2.75, 3.05) is 26.7 Å². The van der Waals surface area contributed by atoms with Crippen LogP contribution in [-0.4, -0.2) is 65.8 Å². The summed E-state index contributed by atoms with van der Waals surface area (Å²) in [6.45, 7) is 4.40. The van der Waals surface area contributed by atoms with Crippen LogP contribution in [-0.2, 0) is 9.59 Å². The molecule has 0 aliphatic heterocycles. The first-order valence-electron chi connectivity index (χ1n) is 6.40. The molecule has 0 aromatic heterocycles. The summed E-state index contributed by atoms with van der Waals surface area (Å²) in [4.78, 5) is 34.6. The van der Waals surface area contributed by atoms with Crippen LogP contribution in [0.1, 0.15) is 20.3 Å². The molecule has 0 radical (unpaired) electrons. The van der Waals surface area contributed by atoms with Gasteiger partial charge >= 0.3 is 12.0 Å². The molecule has 0 fully saturated rings. The molecular formula is C12H23N3O5. The standard InChI is InChI=1S/C12H23N3O5/c1-8(2)6-14-10(17)7-15(3)12(20)13-5-4-9(16)11(18)19/h8-9,16H,4-7H2,1-3H3,(H,13,20)(H,14,17)(H,18,19). The zero-order valence-corrected chi connectivity index (χ0v) is 12.0. The summed E-state index contributed by atoms with van der Waals surface area (Å²) in [7, 11) is 1.46. The number of carbonyl (C=O) groups excluding carboxylic acids is 2. The predicted octanol–water partition coefficient (Wildman–Crippen LogP) is -0.764. The Bertz CT molecular complexity index is 346. The highest BCUT2D eigenvalue weighted by Crippen LogP contribution is 1.92. The number of nitrogens with one attached hydrogen (secondary N) is 2. The zero-order valence-electron chi connectivity index (χ0n) is 12.0. The second kappa shape index (κ2) is 9.13. The molecule has 0 aromatic rings. The molecule has 0 bridgehead atoms. The smallest absolute Gasteiger partial charge is 0.332 e. The van der Waals surface area contributed by atoms with Gasteiger partial charge in [0, 0.05) is 26.6 Å². The van der Waals surface area contributed by atoms with Crippen LogP contribution in [0.5, 0.6) is 0 Å². The van der Waals surface area contributed by atoms with Gasteiger partial charge in [0.05, 0.1) is 0 Å². The van der Waals surface area contributed by atoms with Gasteiger partial charge in [-0.2, -0.15) is 0 Å². The Kier molecular flexibility index (Phi) is 8.30. The second-order valence-corrected chi connectivity index (χ2v) is 4.93. The van der Waals surface area contributed by atoms with Crippen LogP contribution in [0.3, 0.4) is 0 Å². The monoisotopic (exact) mass is 289 g/mol. The van der Waals surface area contributed by atoms with Gasteiger partial charge in [0.1, 0.15) is 6.54 Å². The first-order chi connectivity index (χ1) is 9.23. The molecule has 8 nitrogen and oxygen atoms in total. The number of aliphatic hydroxyl groups is 1. The minimum Gasteiger partial charge on any atom is -0.479 e. The van der Waals surface area contributed by atoms with Crippen molar-refractivity contribution in [2.45, 2.75) is 26.4 Å². The van der Waals surface area contributed by atoms with Gasteiger partial charge in [-0.25, -0.2) is 9.59 Å². The number of hydrogen-bond donors (Lipinski definition) is 4. The third kappa shape index (κ3) is 8.30. The number of likely N-dealkylation sites (N-methyl/N-ethyl adjacent to an activating group) is 1. The lowest BCUT2D eigenvalue weighted by molar-refractivity contribution is -0.146. The molecule has 1 atom stereocenters. The SMILES string of the molecule is CC(C)CNC(=O)CN(C)C(=O)NCCC(O)C(=O)O. The number of nitrogens with zero attached hydrogens (tertiary/aromatic N) is 1. The normalized spacial score (nSPS) is 11.8. The summed E-state index contributed by atoms with van der Waals surface area (Å²) in [5.41, 5.74) is 0. The fourth-order valence-corrected chi connectivity index (χ4v) is 1.24. The summed E-state index contributed by atoms with van der Waals surface area (Å²) in [5, 5.41) is 22.6. The molecule has 1 unspecified atom stereocenters. The van der Waals surface area contributed by atoms with E-state index in [0.717, 1.165) is 0 Å². The molecule has 0 aliphatic carbocycles. The molecule has 0 heterocycles. The highest BCUT2D eigenvalue weighted by Gasteiger charge is 2.15. The van der Waals surface area contributed by atoms with E-state index in [-0.39, 0.29) is 25.4 Å². The molecule has 8 heteroatoms. The van der Waals surface area contributed by atoms with E-state index in [4.69, 9.17) is 10.2 Å². The Morgan fingerprint density at radius 1 is 1.20 bits per heavy atom. The van der Waals surface area contributed by atoms with E-state index in [1.165, 1.54) is 11.9 Å². The van der Waals surface area contributed by atoms with E-state index in [1.807, 2.05) is 13.8 Å². The lowest BCUT2D eigenvalue weighted by Gasteiger charge is -2.18. The Labute approximate surface area is 118 Å². The van der Waals surface area contributed by atoms with Crippen LogP contribution >= 0.6 is 0 Å². The average Bonchev–Trinajstić information content (AvgIpc) is 2.35. The summed E-state index contributed by atoms with van der Waals surface area (Å²) in [6, 6.07) is -0.498. The Hall–Kier alpha value is -1.83. The van der Waals surface area contributed by atoms with Crippen molar-refractivity contribution in [3.05, 3.63) is 0 Å². The number of carboxylic acid groups (broad SMARTS) is 1. The number of carbonyl (C=O) groups is 3. The van der Waals surface area contributed by atoms with Crippen molar-refractivity contribution in [1.82, 2.24) is 15.5 Å². The van der Waals surface area contributed by atoms with Crippen molar-refractivity contribution in [1.29, 1.82) is 0 Å². The highest BCUT2D eigenvalue weighted by atomic mass is 16.4. The van der Waals surface area contributed by atoms with Gasteiger partial charge in [-0.3, -0.25) is 4.79 Å². The largest absolute Gasteiger partial charge is 0.479 e. The Morgan fingerprint density at radius 3 is 2.30 bits per heavy atom. The third-order valence-electron chi connectivity index (χ3n) is 2.41. The summed E-state index contributed by atoms with van der Waals surface area (Å²) < 4.78 is 0. The molecule has 4 N–H and O–H groups in total. The van der Waals surface area contributed by atoms with Crippen molar-refractivity contribution < 1.29 is 24.6 Å². The Balaban J connectivity index is 3.92. The zero-order chi connectivity index (χ0) is 15.7. The summed E-state index contributed by atoms with van der Waals surface area (Å²) in [5.74, 6) is -1.27. The number of aliphatic carboxylic acids is 1. The van der Waals surface area contributed by atoms with E-state index >= 15 is 0 Å². The van der Waals surface area contributed by atoms with Gasteiger partial charge in [0.2, 0.25) is 5.91 Å². The predicted molar refractivity (Wildman–Crippen MR) is 72.1 cm³/mol. The van der Waals surface area contributed by atoms with E-state index in [0.29, 0.717) is 12.5 Å². The van der Waals surface area contributed by atoms with Gasteiger partial charge in [-0.1, -0.05) is 13.8 Å². The maximum Gasteiger partial charge on any atom is 0.332 e. The summed E-state index contributed by atoms with van der Waals surface area (Å²) in [6.07, 6.45) is -1.59. The van der Waals surface area contributed by atoms with Crippen LogP contribution in [0.4, 0.5) is 4.79 Å². The second-order valence-electron chi connectivity index (χ2n) is 4.93. The molecule has 0 aromatic carbocycles. The van der Waals surface area contributed by atoms with Gasteiger partial charge in [-0.05, 0) is 5.92 Å².